The van der Waals surface area contributed by atoms with Crippen molar-refractivity contribution < 1.29 is 23.0 Å². The summed E-state index contributed by atoms with van der Waals surface area (Å²) in [6.45, 7) is 3.70. The second kappa shape index (κ2) is 11.1. The van der Waals surface area contributed by atoms with E-state index in [-0.39, 0.29) is 11.3 Å². The molecule has 0 amide bonds. The Kier molecular flexibility index (Phi) is 7.47. The Hall–Kier alpha value is -3.77. The van der Waals surface area contributed by atoms with Crippen molar-refractivity contribution in [1.29, 1.82) is 0 Å². The fraction of sp³-hybridized carbons (Fsp3) is 0.258. The number of fused-ring (bicyclic) bond motifs is 1. The van der Waals surface area contributed by atoms with Gasteiger partial charge in [0.05, 0.1) is 7.11 Å². The van der Waals surface area contributed by atoms with Crippen LogP contribution in [0.3, 0.4) is 0 Å². The number of rotatable bonds is 8. The molecule has 1 aliphatic heterocycles. The topological polar surface area (TPSA) is 38.8 Å². The average Bonchev–Trinajstić information content (AvgIpc) is 2.93. The van der Waals surface area contributed by atoms with Crippen molar-refractivity contribution in [3.05, 3.63) is 95.6 Å². The van der Waals surface area contributed by atoms with E-state index in [1.165, 1.54) is 31.4 Å². The zero-order valence-electron chi connectivity index (χ0n) is 20.8. The van der Waals surface area contributed by atoms with Crippen molar-refractivity contribution >= 4 is 16.6 Å². The monoisotopic (exact) mass is 501 g/mol. The van der Waals surface area contributed by atoms with E-state index in [4.69, 9.17) is 9.47 Å². The van der Waals surface area contributed by atoms with Crippen molar-refractivity contribution in [2.75, 3.05) is 33.4 Å². The summed E-state index contributed by atoms with van der Waals surface area (Å²) in [5.74, 6) is -0.303. The van der Waals surface area contributed by atoms with E-state index in [1.807, 2.05) is 12.1 Å². The number of ketones is 1. The fourth-order valence-corrected chi connectivity index (χ4v) is 4.93. The minimum absolute atomic E-state index is 0.167. The Morgan fingerprint density at radius 1 is 0.838 bits per heavy atom. The maximum absolute atomic E-state index is 14.8. The van der Waals surface area contributed by atoms with Crippen LogP contribution in [0.5, 0.6) is 11.5 Å². The van der Waals surface area contributed by atoms with Crippen LogP contribution in [0, 0.1) is 11.6 Å². The van der Waals surface area contributed by atoms with Gasteiger partial charge >= 0.3 is 0 Å². The maximum Gasteiger partial charge on any atom is 0.194 e. The van der Waals surface area contributed by atoms with E-state index in [0.717, 1.165) is 31.1 Å². The fourth-order valence-electron chi connectivity index (χ4n) is 4.93. The van der Waals surface area contributed by atoms with Gasteiger partial charge in [0.1, 0.15) is 29.7 Å². The van der Waals surface area contributed by atoms with Gasteiger partial charge in [0.2, 0.25) is 0 Å². The zero-order valence-corrected chi connectivity index (χ0v) is 20.8. The summed E-state index contributed by atoms with van der Waals surface area (Å²) in [6.07, 6.45) is 3.77. The van der Waals surface area contributed by atoms with E-state index in [9.17, 15) is 13.6 Å². The number of halogens is 2. The molecule has 5 rings (SSSR count). The molecule has 4 nitrogen and oxygen atoms in total. The van der Waals surface area contributed by atoms with E-state index >= 15 is 0 Å². The Balaban J connectivity index is 1.46. The first kappa shape index (κ1) is 24.9. The second-order valence-corrected chi connectivity index (χ2v) is 9.30. The van der Waals surface area contributed by atoms with Gasteiger partial charge in [0.25, 0.3) is 0 Å². The predicted molar refractivity (Wildman–Crippen MR) is 142 cm³/mol. The molecule has 37 heavy (non-hydrogen) atoms. The Bertz CT molecular complexity index is 1410. The van der Waals surface area contributed by atoms with Gasteiger partial charge in [-0.15, -0.1) is 0 Å². The van der Waals surface area contributed by atoms with Crippen LogP contribution in [-0.2, 0) is 0 Å². The maximum atomic E-state index is 14.8. The summed E-state index contributed by atoms with van der Waals surface area (Å²) in [5, 5.41) is 1.44. The summed E-state index contributed by atoms with van der Waals surface area (Å²) >= 11 is 0. The molecule has 1 fully saturated rings. The van der Waals surface area contributed by atoms with Gasteiger partial charge in [-0.1, -0.05) is 18.6 Å². The molecule has 4 aromatic carbocycles. The molecule has 0 radical (unpaired) electrons. The number of nitrogens with zero attached hydrogens (tertiary/aromatic N) is 1. The van der Waals surface area contributed by atoms with Crippen molar-refractivity contribution in [3.63, 3.8) is 0 Å². The van der Waals surface area contributed by atoms with E-state index in [0.29, 0.717) is 40.2 Å². The van der Waals surface area contributed by atoms with Crippen LogP contribution in [0.2, 0.25) is 0 Å². The molecule has 0 atom stereocenters. The molecule has 1 aliphatic rings. The first-order valence-electron chi connectivity index (χ1n) is 12.6. The number of carbonyl (C=O) groups is 1. The minimum Gasteiger partial charge on any atom is -0.497 e. The van der Waals surface area contributed by atoms with Gasteiger partial charge < -0.3 is 9.47 Å². The van der Waals surface area contributed by atoms with Crippen LogP contribution in [0.4, 0.5) is 8.78 Å². The molecule has 0 N–H and O–H groups in total. The first-order valence-corrected chi connectivity index (χ1v) is 12.6. The number of benzene rings is 4. The van der Waals surface area contributed by atoms with Crippen LogP contribution >= 0.6 is 0 Å². The van der Waals surface area contributed by atoms with Crippen LogP contribution < -0.4 is 9.47 Å². The summed E-state index contributed by atoms with van der Waals surface area (Å²) in [5.41, 5.74) is 1.38. The van der Waals surface area contributed by atoms with Gasteiger partial charge in [0.15, 0.2) is 5.78 Å². The zero-order chi connectivity index (χ0) is 25.8. The van der Waals surface area contributed by atoms with Gasteiger partial charge in [0, 0.05) is 29.3 Å². The Labute approximate surface area is 215 Å². The van der Waals surface area contributed by atoms with Crippen LogP contribution in [0.15, 0.2) is 72.8 Å². The Morgan fingerprint density at radius 2 is 1.57 bits per heavy atom. The van der Waals surface area contributed by atoms with Gasteiger partial charge in [-0.3, -0.25) is 9.69 Å². The molecular weight excluding hydrogens is 472 g/mol. The number of carbonyl (C=O) groups excluding carboxylic acids is 1. The van der Waals surface area contributed by atoms with Gasteiger partial charge in [-0.25, -0.2) is 8.78 Å². The predicted octanol–water partition coefficient (Wildman–Crippen LogP) is 6.89. The first-order chi connectivity index (χ1) is 18.0. The quantitative estimate of drug-likeness (QED) is 0.247. The van der Waals surface area contributed by atoms with Gasteiger partial charge in [-0.05, 0) is 96.9 Å². The molecule has 0 aliphatic carbocycles. The second-order valence-electron chi connectivity index (χ2n) is 9.30. The van der Waals surface area contributed by atoms with E-state index < -0.39 is 11.6 Å². The molecule has 0 aromatic heterocycles. The van der Waals surface area contributed by atoms with Crippen molar-refractivity contribution in [2.24, 2.45) is 0 Å². The third-order valence-corrected chi connectivity index (χ3v) is 6.92. The third-order valence-electron chi connectivity index (χ3n) is 6.92. The molecule has 1 saturated heterocycles. The molecule has 4 aromatic rings. The summed E-state index contributed by atoms with van der Waals surface area (Å²) in [7, 11) is 1.58. The minimum atomic E-state index is -0.723. The van der Waals surface area contributed by atoms with Crippen molar-refractivity contribution in [3.8, 4) is 22.6 Å². The molecule has 6 heteroatoms. The standard InChI is InChI=1S/C31H29F2NO3/c1-36-25-11-14-26-22(19-25)7-12-28(27-13-8-23(32)20-29(27)33)30(26)31(35)21-5-9-24(10-6-21)37-18-17-34-15-3-2-4-16-34/h5-14,19-20H,2-4,15-18H2,1H3. The molecule has 0 spiro atoms. The highest BCUT2D eigenvalue weighted by molar-refractivity contribution is 6.20. The Morgan fingerprint density at radius 3 is 2.30 bits per heavy atom. The lowest BCUT2D eigenvalue weighted by atomic mass is 9.89. The lowest BCUT2D eigenvalue weighted by Crippen LogP contribution is -2.33. The molecule has 0 saturated carbocycles. The number of piperidine rings is 1. The normalized spacial score (nSPS) is 14.0. The lowest BCUT2D eigenvalue weighted by molar-refractivity contribution is 0.104. The highest BCUT2D eigenvalue weighted by Crippen LogP contribution is 2.35. The average molecular weight is 502 g/mol. The number of hydrogen-bond acceptors (Lipinski definition) is 4. The number of methoxy groups -OCH3 is 1. The van der Waals surface area contributed by atoms with Crippen LogP contribution in [0.1, 0.15) is 35.2 Å². The summed E-state index contributed by atoms with van der Waals surface area (Å²) < 4.78 is 39.7. The van der Waals surface area contributed by atoms with Crippen molar-refractivity contribution in [2.45, 2.75) is 19.3 Å². The van der Waals surface area contributed by atoms with Gasteiger partial charge in [-0.2, -0.15) is 0 Å². The highest BCUT2D eigenvalue weighted by atomic mass is 19.1. The molecular formula is C31H29F2NO3. The number of hydrogen-bond donors (Lipinski definition) is 0. The molecule has 0 unspecified atom stereocenters. The van der Waals surface area contributed by atoms with Crippen LogP contribution in [-0.4, -0.2) is 44.0 Å². The SMILES string of the molecule is COc1ccc2c(C(=O)c3ccc(OCCN4CCCCC4)cc3)c(-c3ccc(F)cc3F)ccc2c1. The molecule has 0 bridgehead atoms. The molecule has 1 heterocycles. The third kappa shape index (κ3) is 5.49. The van der Waals surface area contributed by atoms with Crippen molar-refractivity contribution in [1.82, 2.24) is 4.90 Å². The highest BCUT2D eigenvalue weighted by Gasteiger charge is 2.21. The lowest BCUT2D eigenvalue weighted by Gasteiger charge is -2.26. The molecule has 190 valence electrons. The number of ether oxygens (including phenoxy) is 2. The van der Waals surface area contributed by atoms with E-state index in [2.05, 4.69) is 4.90 Å². The summed E-state index contributed by atoms with van der Waals surface area (Å²) in [6, 6.07) is 19.3. The number of likely N-dealkylation sites (tertiary alicyclic amines) is 1. The van der Waals surface area contributed by atoms with Crippen LogP contribution in [0.25, 0.3) is 21.9 Å². The van der Waals surface area contributed by atoms with E-state index in [1.54, 1.807) is 49.6 Å². The largest absolute Gasteiger partial charge is 0.497 e. The summed E-state index contributed by atoms with van der Waals surface area (Å²) in [4.78, 5) is 16.3. The smallest absolute Gasteiger partial charge is 0.194 e.